The van der Waals surface area contributed by atoms with Crippen molar-refractivity contribution in [3.8, 4) is 0 Å². The van der Waals surface area contributed by atoms with Crippen molar-refractivity contribution in [3.05, 3.63) is 34.5 Å². The van der Waals surface area contributed by atoms with Crippen LogP contribution < -0.4 is 0 Å². The van der Waals surface area contributed by atoms with Gasteiger partial charge in [-0.05, 0) is 31.2 Å². The molecule has 0 spiro atoms. The number of Topliss-reactive ketones (excluding diaryl/α,β-unsaturated/α-hetero) is 1. The highest BCUT2D eigenvalue weighted by Gasteiger charge is 2.05. The van der Waals surface area contributed by atoms with Crippen molar-refractivity contribution in [2.45, 2.75) is 15.3 Å². The third kappa shape index (κ3) is 2.26. The topological polar surface area (TPSA) is 17.1 Å². The Hall–Kier alpha value is -0.580. The quantitative estimate of drug-likeness (QED) is 0.754. The van der Waals surface area contributed by atoms with Crippen LogP contribution in [0, 0.1) is 5.38 Å². The van der Waals surface area contributed by atoms with Gasteiger partial charge in [-0.3, -0.25) is 4.79 Å². The van der Waals surface area contributed by atoms with Crippen molar-refractivity contribution >= 4 is 40.2 Å². The molecule has 2 rings (SSSR count). The van der Waals surface area contributed by atoms with Gasteiger partial charge in [-0.2, -0.15) is 0 Å². The van der Waals surface area contributed by atoms with Crippen molar-refractivity contribution in [1.29, 1.82) is 0 Å². The summed E-state index contributed by atoms with van der Waals surface area (Å²) in [5.74, 6) is 0.139. The minimum Gasteiger partial charge on any atom is -0.294 e. The average molecular weight is 239 g/mol. The Kier molecular flexibility index (Phi) is 3.05. The fourth-order valence-electron chi connectivity index (χ4n) is 0.946. The molecule has 0 saturated carbocycles. The second kappa shape index (κ2) is 4.29. The first-order chi connectivity index (χ1) is 6.75. The van der Waals surface area contributed by atoms with E-state index in [4.69, 9.17) is 0 Å². The normalized spacial score (nSPS) is 10.4. The molecular weight excluding hydrogens is 232 g/mol. The maximum absolute atomic E-state index is 11.1. The van der Waals surface area contributed by atoms with Crippen molar-refractivity contribution in [1.82, 2.24) is 0 Å². The molecule has 0 atom stereocenters. The van der Waals surface area contributed by atoms with Crippen LogP contribution in [0.4, 0.5) is 0 Å². The molecule has 2 aromatic heterocycles. The number of ketones is 1. The lowest BCUT2D eigenvalue weighted by Gasteiger charge is -1.90. The number of rotatable bonds is 3. The van der Waals surface area contributed by atoms with E-state index in [1.165, 1.54) is 4.21 Å². The van der Waals surface area contributed by atoms with Crippen LogP contribution in [0.2, 0.25) is 0 Å². The molecule has 0 aliphatic carbocycles. The molecule has 14 heavy (non-hydrogen) atoms. The van der Waals surface area contributed by atoms with Gasteiger partial charge in [0.05, 0.1) is 13.3 Å². The number of hydrogen-bond acceptors (Lipinski definition) is 4. The molecule has 0 fully saturated rings. The highest BCUT2D eigenvalue weighted by Crippen LogP contribution is 2.35. The molecule has 0 N–H and O–H groups in total. The molecule has 2 heterocycles. The first kappa shape index (κ1) is 9.96. The van der Waals surface area contributed by atoms with Gasteiger partial charge >= 0.3 is 0 Å². The maximum atomic E-state index is 11.1. The molecule has 0 aromatic carbocycles. The zero-order chi connectivity index (χ0) is 9.97. The fourth-order valence-corrected chi connectivity index (χ4v) is 3.88. The number of thiophene rings is 2. The summed E-state index contributed by atoms with van der Waals surface area (Å²) in [7, 11) is 0. The van der Waals surface area contributed by atoms with E-state index in [-0.39, 0.29) is 5.78 Å². The minimum absolute atomic E-state index is 0.139. The van der Waals surface area contributed by atoms with Crippen LogP contribution in [0.5, 0.6) is 0 Å². The first-order valence-electron chi connectivity index (χ1n) is 4.00. The smallest absolute Gasteiger partial charge is 0.169 e. The van der Waals surface area contributed by atoms with E-state index in [0.717, 1.165) is 9.09 Å². The van der Waals surface area contributed by atoms with Gasteiger partial charge in [-0.25, -0.2) is 0 Å². The van der Waals surface area contributed by atoms with E-state index < -0.39 is 0 Å². The van der Waals surface area contributed by atoms with Gasteiger partial charge in [-0.15, -0.1) is 22.7 Å². The summed E-state index contributed by atoms with van der Waals surface area (Å²) >= 11 is 4.83. The van der Waals surface area contributed by atoms with Crippen LogP contribution >= 0.6 is 34.4 Å². The van der Waals surface area contributed by atoms with Crippen molar-refractivity contribution in [2.24, 2.45) is 0 Å². The summed E-state index contributed by atoms with van der Waals surface area (Å²) in [6, 6.07) is 7.81. The zero-order valence-electron chi connectivity index (χ0n) is 7.44. The first-order valence-corrected chi connectivity index (χ1v) is 6.45. The maximum Gasteiger partial charge on any atom is 0.169 e. The summed E-state index contributed by atoms with van der Waals surface area (Å²) in [6.07, 6.45) is 0. The van der Waals surface area contributed by atoms with Crippen LogP contribution in [-0.2, 0) is 0 Å². The molecule has 0 unspecified atom stereocenters. The lowest BCUT2D eigenvalue weighted by molar-refractivity contribution is 0.102. The third-order valence-electron chi connectivity index (χ3n) is 1.58. The molecule has 0 saturated heterocycles. The Morgan fingerprint density at radius 1 is 1.36 bits per heavy atom. The SMILES string of the molecule is CC(=O)c1ccc(Sc2cc[c]s2)s1. The van der Waals surface area contributed by atoms with Gasteiger partial charge in [0.15, 0.2) is 5.78 Å². The lowest BCUT2D eigenvalue weighted by atomic mass is 10.4. The monoisotopic (exact) mass is 239 g/mol. The van der Waals surface area contributed by atoms with Crippen LogP contribution in [0.15, 0.2) is 32.7 Å². The van der Waals surface area contributed by atoms with Crippen LogP contribution in [0.3, 0.4) is 0 Å². The highest BCUT2D eigenvalue weighted by atomic mass is 32.2. The van der Waals surface area contributed by atoms with Crippen molar-refractivity contribution in [2.75, 3.05) is 0 Å². The van der Waals surface area contributed by atoms with E-state index in [9.17, 15) is 4.79 Å². The van der Waals surface area contributed by atoms with Gasteiger partial charge in [0, 0.05) is 5.38 Å². The Labute approximate surface area is 94.8 Å². The Bertz CT molecular complexity index is 428. The second-order valence-electron chi connectivity index (χ2n) is 2.65. The molecule has 4 heteroatoms. The van der Waals surface area contributed by atoms with Gasteiger partial charge < -0.3 is 0 Å². The van der Waals surface area contributed by atoms with Crippen molar-refractivity contribution < 1.29 is 4.79 Å². The highest BCUT2D eigenvalue weighted by molar-refractivity contribution is 8.02. The van der Waals surface area contributed by atoms with E-state index >= 15 is 0 Å². The Morgan fingerprint density at radius 2 is 2.21 bits per heavy atom. The third-order valence-corrected chi connectivity index (χ3v) is 4.82. The Balaban J connectivity index is 2.14. The van der Waals surface area contributed by atoms with Gasteiger partial charge in [0.25, 0.3) is 0 Å². The van der Waals surface area contributed by atoms with E-state index in [2.05, 4.69) is 5.38 Å². The van der Waals surface area contributed by atoms with Crippen molar-refractivity contribution in [3.63, 3.8) is 0 Å². The standard InChI is InChI=1S/C10H7OS3/c1-7(11)8-4-5-10(13-8)14-9-3-2-6-12-9/h2-5H,1H3. The minimum atomic E-state index is 0.139. The summed E-state index contributed by atoms with van der Waals surface area (Å²) in [4.78, 5) is 11.9. The van der Waals surface area contributed by atoms with Gasteiger partial charge in [0.2, 0.25) is 0 Å². The van der Waals surface area contributed by atoms with E-state index in [1.807, 2.05) is 24.3 Å². The molecule has 71 valence electrons. The van der Waals surface area contributed by atoms with Crippen LogP contribution in [-0.4, -0.2) is 5.78 Å². The molecule has 0 amide bonds. The molecule has 2 aromatic rings. The molecular formula is C10H7OS3. The van der Waals surface area contributed by atoms with E-state index in [1.54, 1.807) is 41.4 Å². The Morgan fingerprint density at radius 3 is 2.79 bits per heavy atom. The van der Waals surface area contributed by atoms with Gasteiger partial charge in [-0.1, -0.05) is 11.8 Å². The van der Waals surface area contributed by atoms with Gasteiger partial charge in [0.1, 0.15) is 0 Å². The molecule has 0 aliphatic rings. The number of carbonyl (C=O) groups is 1. The summed E-state index contributed by atoms with van der Waals surface area (Å²) in [6.45, 7) is 1.60. The summed E-state index contributed by atoms with van der Waals surface area (Å²) in [5, 5.41) is 3.04. The van der Waals surface area contributed by atoms with Crippen LogP contribution in [0.1, 0.15) is 16.6 Å². The second-order valence-corrected chi connectivity index (χ2v) is 6.21. The summed E-state index contributed by atoms with van der Waals surface area (Å²) in [5.41, 5.74) is 0. The average Bonchev–Trinajstić information content (AvgIpc) is 2.75. The zero-order valence-corrected chi connectivity index (χ0v) is 9.89. The number of carbonyl (C=O) groups excluding carboxylic acids is 1. The lowest BCUT2D eigenvalue weighted by Crippen LogP contribution is -1.83. The molecule has 1 radical (unpaired) electrons. The predicted molar refractivity (Wildman–Crippen MR) is 61.6 cm³/mol. The molecule has 1 nitrogen and oxygen atoms in total. The largest absolute Gasteiger partial charge is 0.294 e. The molecule has 0 aliphatic heterocycles. The summed E-state index contributed by atoms with van der Waals surface area (Å²) < 4.78 is 2.37. The van der Waals surface area contributed by atoms with Crippen LogP contribution in [0.25, 0.3) is 0 Å². The predicted octanol–water partition coefficient (Wildman–Crippen LogP) is 3.96. The number of hydrogen-bond donors (Lipinski definition) is 0. The van der Waals surface area contributed by atoms with E-state index in [0.29, 0.717) is 0 Å². The fraction of sp³-hybridized carbons (Fsp3) is 0.100. The molecule has 0 bridgehead atoms.